The van der Waals surface area contributed by atoms with E-state index in [1.807, 2.05) is 0 Å². The van der Waals surface area contributed by atoms with E-state index in [1.165, 1.54) is 0 Å². The maximum Gasteiger partial charge on any atom is 0.505 e. The standard InChI is InChI=1S/C9H10O3S2/c10-9(11)12-1-2-3-4(2)6-8(14-6)7-5(3)13-7/h2-8H,1H2,(H,10,11)/t2?,3-,4+,5-,6+,7-,8+. The van der Waals surface area contributed by atoms with Crippen LogP contribution < -0.4 is 0 Å². The van der Waals surface area contributed by atoms with Crippen molar-refractivity contribution in [3.63, 3.8) is 0 Å². The summed E-state index contributed by atoms with van der Waals surface area (Å²) in [5.41, 5.74) is 0. The van der Waals surface area contributed by atoms with Crippen LogP contribution in [0.2, 0.25) is 0 Å². The summed E-state index contributed by atoms with van der Waals surface area (Å²) in [5.74, 6) is 2.14. The Morgan fingerprint density at radius 2 is 1.71 bits per heavy atom. The minimum Gasteiger partial charge on any atom is -0.450 e. The lowest BCUT2D eigenvalue weighted by Gasteiger charge is -1.99. The van der Waals surface area contributed by atoms with Gasteiger partial charge in [-0.3, -0.25) is 0 Å². The molecule has 4 aliphatic rings. The third-order valence-electron chi connectivity index (χ3n) is 3.90. The van der Waals surface area contributed by atoms with Crippen LogP contribution >= 0.6 is 23.5 Å². The van der Waals surface area contributed by atoms with Crippen LogP contribution in [0.5, 0.6) is 0 Å². The van der Waals surface area contributed by atoms with Gasteiger partial charge in [-0.05, 0) is 11.8 Å². The molecule has 2 aliphatic carbocycles. The number of rotatable bonds is 2. The van der Waals surface area contributed by atoms with Gasteiger partial charge in [0.1, 0.15) is 0 Å². The maximum absolute atomic E-state index is 10.3. The fraction of sp³-hybridized carbons (Fsp3) is 0.889. The quantitative estimate of drug-likeness (QED) is 0.575. The van der Waals surface area contributed by atoms with Gasteiger partial charge in [0.25, 0.3) is 0 Å². The fourth-order valence-corrected chi connectivity index (χ4v) is 6.77. The molecule has 0 radical (unpaired) electrons. The Labute approximate surface area is 90.0 Å². The summed E-state index contributed by atoms with van der Waals surface area (Å²) < 4.78 is 4.69. The van der Waals surface area contributed by atoms with Crippen LogP contribution in [0.4, 0.5) is 4.79 Å². The van der Waals surface area contributed by atoms with E-state index in [4.69, 9.17) is 5.11 Å². The second kappa shape index (κ2) is 2.38. The van der Waals surface area contributed by atoms with E-state index in [0.717, 1.165) is 32.8 Å². The largest absolute Gasteiger partial charge is 0.505 e. The molecule has 76 valence electrons. The van der Waals surface area contributed by atoms with Gasteiger partial charge in [0.15, 0.2) is 0 Å². The number of hydrogen-bond acceptors (Lipinski definition) is 4. The number of thioether (sulfide) groups is 2. The van der Waals surface area contributed by atoms with Gasteiger partial charge in [0.2, 0.25) is 0 Å². The van der Waals surface area contributed by atoms with Crippen molar-refractivity contribution >= 4 is 29.7 Å². The SMILES string of the molecule is O=C(O)OCC1[C@@H]2[C@@H]3S[C@@H]3[C@@H]3S[C@@H]3[C@H]12. The smallest absolute Gasteiger partial charge is 0.450 e. The second-order valence-corrected chi connectivity index (χ2v) is 7.25. The van der Waals surface area contributed by atoms with Crippen LogP contribution in [-0.2, 0) is 4.74 Å². The Morgan fingerprint density at radius 3 is 2.21 bits per heavy atom. The van der Waals surface area contributed by atoms with Crippen LogP contribution in [0, 0.1) is 17.8 Å². The molecule has 0 amide bonds. The number of fused-ring (bicyclic) bond motifs is 6. The third-order valence-corrected chi connectivity index (χ3v) is 7.09. The monoisotopic (exact) mass is 230 g/mol. The Morgan fingerprint density at radius 1 is 1.14 bits per heavy atom. The summed E-state index contributed by atoms with van der Waals surface area (Å²) in [6.07, 6.45) is -1.12. The molecule has 0 aromatic rings. The molecule has 0 spiro atoms. The van der Waals surface area contributed by atoms with Crippen molar-refractivity contribution in [3.8, 4) is 0 Å². The number of ether oxygens (including phenoxy) is 1. The molecular formula is C9H10O3S2. The van der Waals surface area contributed by atoms with E-state index in [-0.39, 0.29) is 0 Å². The first kappa shape index (κ1) is 8.16. The Kier molecular flexibility index (Phi) is 1.38. The van der Waals surface area contributed by atoms with Gasteiger partial charge in [-0.1, -0.05) is 0 Å². The molecule has 0 bridgehead atoms. The molecule has 4 fully saturated rings. The minimum absolute atomic E-state index is 0.443. The summed E-state index contributed by atoms with van der Waals surface area (Å²) in [6.45, 7) is 0.443. The highest BCUT2D eigenvalue weighted by Crippen LogP contribution is 2.78. The molecule has 1 unspecified atom stereocenters. The summed E-state index contributed by atoms with van der Waals surface area (Å²) in [5, 5.41) is 12.0. The van der Waals surface area contributed by atoms with Gasteiger partial charge in [0, 0.05) is 26.9 Å². The second-order valence-electron chi connectivity index (χ2n) is 4.53. The lowest BCUT2D eigenvalue weighted by atomic mass is 10.0. The molecular weight excluding hydrogens is 220 g/mol. The average Bonchev–Trinajstić information content (AvgIpc) is 2.92. The van der Waals surface area contributed by atoms with E-state index in [2.05, 4.69) is 28.3 Å². The van der Waals surface area contributed by atoms with Gasteiger partial charge in [-0.15, -0.1) is 0 Å². The normalized spacial score (nSPS) is 60.4. The zero-order valence-electron chi connectivity index (χ0n) is 7.33. The van der Waals surface area contributed by atoms with E-state index in [0.29, 0.717) is 12.5 Å². The van der Waals surface area contributed by atoms with Crippen molar-refractivity contribution in [3.05, 3.63) is 0 Å². The number of carbonyl (C=O) groups is 1. The van der Waals surface area contributed by atoms with Crippen molar-refractivity contribution < 1.29 is 14.6 Å². The topological polar surface area (TPSA) is 46.5 Å². The maximum atomic E-state index is 10.3. The van der Waals surface area contributed by atoms with E-state index in [1.54, 1.807) is 0 Å². The first-order chi connectivity index (χ1) is 6.77. The highest BCUT2D eigenvalue weighted by atomic mass is 32.2. The molecule has 7 atom stereocenters. The highest BCUT2D eigenvalue weighted by molar-refractivity contribution is 8.13. The number of carboxylic acid groups (broad SMARTS) is 1. The van der Waals surface area contributed by atoms with Crippen LogP contribution in [0.1, 0.15) is 0 Å². The van der Waals surface area contributed by atoms with Crippen LogP contribution in [0.3, 0.4) is 0 Å². The highest BCUT2D eigenvalue weighted by Gasteiger charge is 2.77. The fourth-order valence-electron chi connectivity index (χ4n) is 3.16. The Hall–Kier alpha value is -0.0300. The third kappa shape index (κ3) is 0.949. The molecule has 4 rings (SSSR count). The molecule has 14 heavy (non-hydrogen) atoms. The van der Waals surface area contributed by atoms with E-state index in [9.17, 15) is 4.79 Å². The zero-order valence-corrected chi connectivity index (χ0v) is 8.96. The van der Waals surface area contributed by atoms with Gasteiger partial charge >= 0.3 is 6.16 Å². The van der Waals surface area contributed by atoms with Crippen molar-refractivity contribution in [2.24, 2.45) is 17.8 Å². The number of hydrogen-bond donors (Lipinski definition) is 1. The lowest BCUT2D eigenvalue weighted by Crippen LogP contribution is -2.14. The van der Waals surface area contributed by atoms with Crippen LogP contribution in [-0.4, -0.2) is 38.9 Å². The molecule has 0 aromatic heterocycles. The van der Waals surface area contributed by atoms with Crippen molar-refractivity contribution in [1.29, 1.82) is 0 Å². The van der Waals surface area contributed by atoms with Gasteiger partial charge < -0.3 is 9.84 Å². The predicted molar refractivity (Wildman–Crippen MR) is 54.8 cm³/mol. The van der Waals surface area contributed by atoms with E-state index < -0.39 is 6.16 Å². The molecule has 2 aliphatic heterocycles. The summed E-state index contributed by atoms with van der Waals surface area (Å²) >= 11 is 4.23. The molecule has 2 saturated carbocycles. The van der Waals surface area contributed by atoms with Crippen molar-refractivity contribution in [1.82, 2.24) is 0 Å². The average molecular weight is 230 g/mol. The van der Waals surface area contributed by atoms with Crippen molar-refractivity contribution in [2.75, 3.05) is 6.61 Å². The van der Waals surface area contributed by atoms with Gasteiger partial charge in [-0.25, -0.2) is 4.79 Å². The molecule has 2 heterocycles. The van der Waals surface area contributed by atoms with Gasteiger partial charge in [0.05, 0.1) is 6.61 Å². The molecule has 5 heteroatoms. The summed E-state index contributed by atoms with van der Waals surface area (Å²) in [4.78, 5) is 10.3. The molecule has 2 saturated heterocycles. The summed E-state index contributed by atoms with van der Waals surface area (Å²) in [6, 6.07) is 0. The first-order valence-corrected chi connectivity index (χ1v) is 6.82. The van der Waals surface area contributed by atoms with Crippen molar-refractivity contribution in [2.45, 2.75) is 21.0 Å². The van der Waals surface area contributed by atoms with Crippen LogP contribution in [0.15, 0.2) is 0 Å². The zero-order chi connectivity index (χ0) is 9.45. The minimum atomic E-state index is -1.12. The first-order valence-electron chi connectivity index (χ1n) is 4.94. The summed E-state index contributed by atoms with van der Waals surface area (Å²) in [7, 11) is 0. The molecule has 0 aromatic carbocycles. The van der Waals surface area contributed by atoms with Gasteiger partial charge in [-0.2, -0.15) is 23.5 Å². The van der Waals surface area contributed by atoms with E-state index >= 15 is 0 Å². The lowest BCUT2D eigenvalue weighted by molar-refractivity contribution is 0.0853. The van der Waals surface area contributed by atoms with Crippen LogP contribution in [0.25, 0.3) is 0 Å². The Bertz CT molecular complexity index is 299. The molecule has 3 nitrogen and oxygen atoms in total. The predicted octanol–water partition coefficient (Wildman–Crippen LogP) is 1.52. The molecule has 1 N–H and O–H groups in total. The Balaban J connectivity index is 1.45.